The summed E-state index contributed by atoms with van der Waals surface area (Å²) in [6.45, 7) is 4.89. The van der Waals surface area contributed by atoms with Crippen LogP contribution in [0.1, 0.15) is 41.2 Å². The molecule has 2 N–H and O–H groups in total. The number of fused-ring (bicyclic) bond motifs is 1. The van der Waals surface area contributed by atoms with E-state index < -0.39 is 0 Å². The number of thiazole rings is 1. The molecule has 1 aliphatic rings. The number of rotatable bonds is 4. The van der Waals surface area contributed by atoms with E-state index in [4.69, 9.17) is 12.2 Å². The molecular weight excluding hydrogens is 390 g/mol. The molecule has 1 aromatic carbocycles. The maximum atomic E-state index is 12.6. The predicted molar refractivity (Wildman–Crippen MR) is 114 cm³/mol. The predicted octanol–water partition coefficient (Wildman–Crippen LogP) is 4.59. The summed E-state index contributed by atoms with van der Waals surface area (Å²) in [5.41, 5.74) is 3.77. The molecule has 0 fully saturated rings. The van der Waals surface area contributed by atoms with Gasteiger partial charge in [0.1, 0.15) is 5.82 Å². The summed E-state index contributed by atoms with van der Waals surface area (Å²) in [6, 6.07) is 6.07. The first-order valence-corrected chi connectivity index (χ1v) is 10.8. The Hall–Kier alpha value is -2.32. The number of hydrogen-bond donors (Lipinski definition) is 2. The van der Waals surface area contributed by atoms with Crippen LogP contribution in [0.2, 0.25) is 0 Å². The third-order valence-corrected chi connectivity index (χ3v) is 6.46. The second-order valence-electron chi connectivity index (χ2n) is 7.22. The Morgan fingerprint density at radius 2 is 2.14 bits per heavy atom. The van der Waals surface area contributed by atoms with Crippen LogP contribution < -0.4 is 5.32 Å². The van der Waals surface area contributed by atoms with Gasteiger partial charge >= 0.3 is 0 Å². The summed E-state index contributed by atoms with van der Waals surface area (Å²) >= 11 is 6.61. The molecule has 1 amide bonds. The number of benzene rings is 1. The minimum Gasteiger partial charge on any atom is -0.341 e. The molecule has 0 bridgehead atoms. The maximum absolute atomic E-state index is 12.6. The van der Waals surface area contributed by atoms with Gasteiger partial charge in [-0.2, -0.15) is 0 Å². The summed E-state index contributed by atoms with van der Waals surface area (Å²) in [5, 5.41) is 11.9. The Labute approximate surface area is 173 Å². The van der Waals surface area contributed by atoms with Crippen molar-refractivity contribution < 1.29 is 4.79 Å². The molecule has 6 nitrogen and oxygen atoms in total. The topological polar surface area (TPSA) is 75.6 Å². The number of H-pyrrole nitrogens is 1. The van der Waals surface area contributed by atoms with Crippen LogP contribution in [-0.2, 0) is 24.2 Å². The van der Waals surface area contributed by atoms with Gasteiger partial charge in [0.25, 0.3) is 0 Å². The summed E-state index contributed by atoms with van der Waals surface area (Å²) < 4.78 is 2.92. The highest BCUT2D eigenvalue weighted by Crippen LogP contribution is 2.27. The van der Waals surface area contributed by atoms with Crippen molar-refractivity contribution in [2.75, 3.05) is 5.32 Å². The average molecular weight is 414 g/mol. The third kappa shape index (κ3) is 3.93. The van der Waals surface area contributed by atoms with Gasteiger partial charge in [0.05, 0.1) is 6.42 Å². The number of carbonyl (C=O) groups is 1. The fraction of sp³-hybridized carbons (Fsp3) is 0.400. The molecule has 4 rings (SSSR count). The van der Waals surface area contributed by atoms with Crippen LogP contribution in [0.3, 0.4) is 0 Å². The zero-order valence-corrected chi connectivity index (χ0v) is 17.7. The summed E-state index contributed by atoms with van der Waals surface area (Å²) in [4.78, 5) is 16.6. The number of carbonyl (C=O) groups excluding carboxylic acids is 1. The molecule has 0 saturated carbocycles. The molecular formula is C20H23N5OS2. The SMILES string of the molecule is Cc1ccc(-c2nnc3n2CCCCC3)cc1NC(=O)Cc1sc(=S)[nH]c1C. The molecule has 146 valence electrons. The summed E-state index contributed by atoms with van der Waals surface area (Å²) in [6.07, 6.45) is 4.83. The summed E-state index contributed by atoms with van der Waals surface area (Å²) in [5.74, 6) is 1.89. The first-order valence-electron chi connectivity index (χ1n) is 9.53. The van der Waals surface area contributed by atoms with E-state index in [2.05, 4.69) is 31.1 Å². The van der Waals surface area contributed by atoms with E-state index in [9.17, 15) is 4.79 Å². The molecule has 0 unspecified atom stereocenters. The smallest absolute Gasteiger partial charge is 0.229 e. The van der Waals surface area contributed by atoms with Crippen molar-refractivity contribution in [1.82, 2.24) is 19.7 Å². The molecule has 1 aliphatic heterocycles. The minimum atomic E-state index is -0.0475. The Morgan fingerprint density at radius 3 is 2.93 bits per heavy atom. The lowest BCUT2D eigenvalue weighted by atomic mass is 10.1. The lowest BCUT2D eigenvalue weighted by molar-refractivity contribution is -0.115. The number of nitrogens with zero attached hydrogens (tertiary/aromatic N) is 3. The van der Waals surface area contributed by atoms with Crippen LogP contribution in [0.25, 0.3) is 11.4 Å². The zero-order valence-electron chi connectivity index (χ0n) is 16.0. The molecule has 0 radical (unpaired) electrons. The third-order valence-electron chi connectivity index (χ3n) is 5.12. The standard InChI is InChI=1S/C20H23N5OS2/c1-12-7-8-14(19-24-23-17-6-4-3-5-9-25(17)19)10-15(12)22-18(26)11-16-13(2)21-20(27)28-16/h7-8,10H,3-6,9,11H2,1-2H3,(H,21,27)(H,22,26). The number of aromatic amines is 1. The Kier molecular flexibility index (Phi) is 5.41. The van der Waals surface area contributed by atoms with Crippen LogP contribution in [0.15, 0.2) is 18.2 Å². The van der Waals surface area contributed by atoms with Crippen molar-refractivity contribution in [2.24, 2.45) is 0 Å². The second-order valence-corrected chi connectivity index (χ2v) is 8.99. The van der Waals surface area contributed by atoms with Crippen LogP contribution in [0, 0.1) is 17.8 Å². The van der Waals surface area contributed by atoms with Gasteiger partial charge < -0.3 is 14.9 Å². The second kappa shape index (κ2) is 7.97. The van der Waals surface area contributed by atoms with Crippen LogP contribution in [-0.4, -0.2) is 25.7 Å². The van der Waals surface area contributed by atoms with E-state index in [-0.39, 0.29) is 5.91 Å². The maximum Gasteiger partial charge on any atom is 0.229 e. The molecule has 3 heterocycles. The van der Waals surface area contributed by atoms with Gasteiger partial charge in [0, 0.05) is 34.8 Å². The number of amides is 1. The molecule has 0 saturated heterocycles. The lowest BCUT2D eigenvalue weighted by Gasteiger charge is -2.12. The molecule has 0 aliphatic carbocycles. The molecule has 0 atom stereocenters. The number of hydrogen-bond acceptors (Lipinski definition) is 5. The molecule has 28 heavy (non-hydrogen) atoms. The van der Waals surface area contributed by atoms with Crippen LogP contribution >= 0.6 is 23.6 Å². The fourth-order valence-electron chi connectivity index (χ4n) is 3.54. The van der Waals surface area contributed by atoms with Gasteiger partial charge in [0.15, 0.2) is 9.78 Å². The van der Waals surface area contributed by atoms with E-state index in [1.165, 1.54) is 24.2 Å². The lowest BCUT2D eigenvalue weighted by Crippen LogP contribution is -2.15. The Morgan fingerprint density at radius 1 is 1.29 bits per heavy atom. The summed E-state index contributed by atoms with van der Waals surface area (Å²) in [7, 11) is 0. The van der Waals surface area contributed by atoms with Crippen molar-refractivity contribution in [3.63, 3.8) is 0 Å². The van der Waals surface area contributed by atoms with E-state index in [1.54, 1.807) is 0 Å². The minimum absolute atomic E-state index is 0.0475. The Balaban J connectivity index is 1.58. The first kappa shape index (κ1) is 19.0. The van der Waals surface area contributed by atoms with Crippen molar-refractivity contribution in [1.29, 1.82) is 0 Å². The van der Waals surface area contributed by atoms with Gasteiger partial charge in [-0.1, -0.05) is 18.6 Å². The van der Waals surface area contributed by atoms with E-state index in [0.717, 1.165) is 58.4 Å². The van der Waals surface area contributed by atoms with Crippen molar-refractivity contribution in [3.8, 4) is 11.4 Å². The van der Waals surface area contributed by atoms with Crippen molar-refractivity contribution >= 4 is 35.1 Å². The van der Waals surface area contributed by atoms with Gasteiger partial charge in [-0.15, -0.1) is 21.5 Å². The van der Waals surface area contributed by atoms with Crippen molar-refractivity contribution in [3.05, 3.63) is 44.1 Å². The fourth-order valence-corrected chi connectivity index (χ4v) is 4.83. The quantitative estimate of drug-likeness (QED) is 0.614. The van der Waals surface area contributed by atoms with E-state index in [1.807, 2.05) is 26.0 Å². The molecule has 8 heteroatoms. The van der Waals surface area contributed by atoms with Gasteiger partial charge in [-0.25, -0.2) is 0 Å². The highest BCUT2D eigenvalue weighted by atomic mass is 32.1. The van der Waals surface area contributed by atoms with Crippen LogP contribution in [0.5, 0.6) is 0 Å². The number of aromatic nitrogens is 4. The largest absolute Gasteiger partial charge is 0.341 e. The van der Waals surface area contributed by atoms with Crippen molar-refractivity contribution in [2.45, 2.75) is 52.5 Å². The zero-order chi connectivity index (χ0) is 19.7. The van der Waals surface area contributed by atoms with Gasteiger partial charge in [-0.3, -0.25) is 4.79 Å². The van der Waals surface area contributed by atoms with Gasteiger partial charge in [-0.05, 0) is 50.5 Å². The molecule has 0 spiro atoms. The number of anilines is 1. The molecule has 2 aromatic heterocycles. The van der Waals surface area contributed by atoms with Gasteiger partial charge in [0.2, 0.25) is 5.91 Å². The van der Waals surface area contributed by atoms with E-state index in [0.29, 0.717) is 10.4 Å². The van der Waals surface area contributed by atoms with E-state index >= 15 is 0 Å². The first-order chi connectivity index (χ1) is 13.5. The Bertz CT molecular complexity index is 1080. The van der Waals surface area contributed by atoms with Crippen LogP contribution in [0.4, 0.5) is 5.69 Å². The highest BCUT2D eigenvalue weighted by molar-refractivity contribution is 7.73. The normalized spacial score (nSPS) is 13.8. The number of nitrogens with one attached hydrogen (secondary N) is 2. The highest BCUT2D eigenvalue weighted by Gasteiger charge is 2.17. The monoisotopic (exact) mass is 413 g/mol. The average Bonchev–Trinajstić information content (AvgIpc) is 3.10. The number of aryl methyl sites for hydroxylation is 3. The molecule has 3 aromatic rings.